The Morgan fingerprint density at radius 1 is 0.825 bits per heavy atom. The minimum atomic E-state index is 0.127. The zero-order valence-electron chi connectivity index (χ0n) is 23.6. The van der Waals surface area contributed by atoms with E-state index in [1.54, 1.807) is 0 Å². The molecule has 3 aromatic carbocycles. The summed E-state index contributed by atoms with van der Waals surface area (Å²) in [4.78, 5) is 23.0. The van der Waals surface area contributed by atoms with Crippen molar-refractivity contribution in [2.45, 2.75) is 75.4 Å². The highest BCUT2D eigenvalue weighted by atomic mass is 16.2. The first kappa shape index (κ1) is 25.5. The van der Waals surface area contributed by atoms with Crippen molar-refractivity contribution in [1.29, 1.82) is 0 Å². The number of hydrogen-bond donors (Lipinski definition) is 0. The zero-order chi connectivity index (χ0) is 27.1. The Labute approximate surface area is 237 Å². The summed E-state index contributed by atoms with van der Waals surface area (Å²) >= 11 is 0. The number of nitrogens with zero attached hydrogens (tertiary/aromatic N) is 4. The number of aromatic nitrogens is 2. The van der Waals surface area contributed by atoms with Crippen LogP contribution in [0.15, 0.2) is 84.9 Å². The smallest absolute Gasteiger partial charge is 0.253 e. The van der Waals surface area contributed by atoms with E-state index in [1.807, 2.05) is 30.3 Å². The maximum Gasteiger partial charge on any atom is 0.253 e. The van der Waals surface area contributed by atoms with E-state index in [4.69, 9.17) is 4.98 Å². The Balaban J connectivity index is 1.07. The summed E-state index contributed by atoms with van der Waals surface area (Å²) in [7, 11) is 0. The van der Waals surface area contributed by atoms with Crippen molar-refractivity contribution in [3.63, 3.8) is 0 Å². The first-order chi connectivity index (χ1) is 19.6. The van der Waals surface area contributed by atoms with Crippen LogP contribution in [0.2, 0.25) is 0 Å². The summed E-state index contributed by atoms with van der Waals surface area (Å²) in [6, 6.07) is 31.4. The molecular weight excluding hydrogens is 492 g/mol. The third-order valence-corrected chi connectivity index (χ3v) is 10.3. The van der Waals surface area contributed by atoms with Crippen molar-refractivity contribution in [2.24, 2.45) is 0 Å². The van der Waals surface area contributed by atoms with Gasteiger partial charge in [0.25, 0.3) is 5.91 Å². The first-order valence-electron chi connectivity index (χ1n) is 15.2. The summed E-state index contributed by atoms with van der Waals surface area (Å²) in [6.45, 7) is 4.97. The van der Waals surface area contributed by atoms with Crippen molar-refractivity contribution in [3.8, 4) is 0 Å². The van der Waals surface area contributed by atoms with Gasteiger partial charge < -0.3 is 9.47 Å². The molecule has 0 saturated carbocycles. The van der Waals surface area contributed by atoms with Crippen LogP contribution in [0.5, 0.6) is 0 Å². The summed E-state index contributed by atoms with van der Waals surface area (Å²) in [5, 5.41) is 0. The molecule has 0 N–H and O–H groups in total. The third kappa shape index (κ3) is 4.54. The van der Waals surface area contributed by atoms with Gasteiger partial charge in [-0.25, -0.2) is 4.98 Å². The van der Waals surface area contributed by atoms with E-state index in [0.717, 1.165) is 55.8 Å². The number of imidazole rings is 1. The van der Waals surface area contributed by atoms with E-state index in [-0.39, 0.29) is 11.3 Å². The van der Waals surface area contributed by atoms with Crippen molar-refractivity contribution in [2.75, 3.05) is 19.6 Å². The Kier molecular flexibility index (Phi) is 6.71. The molecule has 4 aromatic rings. The lowest BCUT2D eigenvalue weighted by Gasteiger charge is -2.45. The molecule has 40 heavy (non-hydrogen) atoms. The number of rotatable bonds is 6. The van der Waals surface area contributed by atoms with Crippen LogP contribution in [0.1, 0.15) is 72.7 Å². The second-order valence-corrected chi connectivity index (χ2v) is 12.3. The SMILES string of the molecule is Cc1nc2ccccc2n1[C@@H]1C[C@H]2CC[C@@H](C1)N2CCC1(c2ccccc2)CCN(C(=O)c2ccccc2)CC1. The molecule has 0 spiro atoms. The van der Waals surface area contributed by atoms with Crippen LogP contribution in [0.3, 0.4) is 0 Å². The van der Waals surface area contributed by atoms with Gasteiger partial charge in [-0.05, 0) is 93.7 Å². The fourth-order valence-electron chi connectivity index (χ4n) is 8.17. The number of aryl methyl sites for hydroxylation is 1. The molecular formula is C35H40N4O. The Morgan fingerprint density at radius 3 is 2.15 bits per heavy atom. The van der Waals surface area contributed by atoms with E-state index in [2.05, 4.69) is 75.9 Å². The van der Waals surface area contributed by atoms with Crippen molar-refractivity contribution >= 4 is 16.9 Å². The molecule has 206 valence electrons. The number of fused-ring (bicyclic) bond motifs is 3. The minimum Gasteiger partial charge on any atom is -0.339 e. The molecule has 0 aliphatic carbocycles. The average molecular weight is 533 g/mol. The molecule has 4 heterocycles. The van der Waals surface area contributed by atoms with E-state index < -0.39 is 0 Å². The molecule has 5 nitrogen and oxygen atoms in total. The molecule has 3 aliphatic heterocycles. The molecule has 7 rings (SSSR count). The molecule has 1 aromatic heterocycles. The lowest BCUT2D eigenvalue weighted by atomic mass is 9.70. The van der Waals surface area contributed by atoms with Crippen LogP contribution in [0.25, 0.3) is 11.0 Å². The average Bonchev–Trinajstić information content (AvgIpc) is 3.47. The van der Waals surface area contributed by atoms with Gasteiger partial charge in [-0.1, -0.05) is 60.7 Å². The molecule has 0 unspecified atom stereocenters. The summed E-state index contributed by atoms with van der Waals surface area (Å²) in [5.41, 5.74) is 4.79. The molecule has 0 radical (unpaired) electrons. The van der Waals surface area contributed by atoms with Gasteiger partial charge in [0.15, 0.2) is 0 Å². The normalized spacial score (nSPS) is 24.4. The summed E-state index contributed by atoms with van der Waals surface area (Å²) in [5.74, 6) is 1.32. The minimum absolute atomic E-state index is 0.127. The Bertz CT molecular complexity index is 1460. The van der Waals surface area contributed by atoms with Gasteiger partial charge >= 0.3 is 0 Å². The van der Waals surface area contributed by atoms with Gasteiger partial charge in [-0.3, -0.25) is 9.69 Å². The number of piperidine rings is 2. The Morgan fingerprint density at radius 2 is 1.45 bits per heavy atom. The molecule has 5 heteroatoms. The van der Waals surface area contributed by atoms with E-state index in [1.165, 1.54) is 36.8 Å². The standard InChI is InChI=1S/C35H40N4O/c1-26-36-32-14-8-9-15-33(32)39(26)31-24-29-16-17-30(25-31)38(29)23-20-35(28-12-6-3-7-13-28)18-21-37(22-19-35)34(40)27-10-4-2-5-11-27/h2-15,29-31H,16-25H2,1H3/t29-,30+,31-. The number of amides is 1. The number of benzene rings is 3. The molecule has 3 aliphatic rings. The monoisotopic (exact) mass is 532 g/mol. The first-order valence-corrected chi connectivity index (χ1v) is 15.2. The highest BCUT2D eigenvalue weighted by Crippen LogP contribution is 2.45. The summed E-state index contributed by atoms with van der Waals surface area (Å²) < 4.78 is 2.53. The van der Waals surface area contributed by atoms with Gasteiger partial charge in [0.2, 0.25) is 0 Å². The van der Waals surface area contributed by atoms with Crippen LogP contribution in [0, 0.1) is 6.92 Å². The summed E-state index contributed by atoms with van der Waals surface area (Å²) in [6.07, 6.45) is 8.28. The van der Waals surface area contributed by atoms with Crippen LogP contribution in [0.4, 0.5) is 0 Å². The quantitative estimate of drug-likeness (QED) is 0.275. The number of hydrogen-bond acceptors (Lipinski definition) is 3. The van der Waals surface area contributed by atoms with E-state index in [9.17, 15) is 4.79 Å². The molecule has 1 amide bonds. The fourth-order valence-corrected chi connectivity index (χ4v) is 8.17. The van der Waals surface area contributed by atoms with Gasteiger partial charge in [-0.15, -0.1) is 0 Å². The number of carbonyl (C=O) groups excluding carboxylic acids is 1. The fraction of sp³-hybridized carbons (Fsp3) is 0.429. The van der Waals surface area contributed by atoms with Crippen LogP contribution in [-0.2, 0) is 5.41 Å². The lowest BCUT2D eigenvalue weighted by molar-refractivity contribution is 0.0607. The van der Waals surface area contributed by atoms with Crippen LogP contribution < -0.4 is 0 Å². The Hall–Kier alpha value is -3.44. The second-order valence-electron chi connectivity index (χ2n) is 12.3. The number of carbonyl (C=O) groups is 1. The number of para-hydroxylation sites is 2. The second kappa shape index (κ2) is 10.5. The highest BCUT2D eigenvalue weighted by Gasteiger charge is 2.44. The molecule has 3 atom stereocenters. The van der Waals surface area contributed by atoms with Gasteiger partial charge in [0.1, 0.15) is 5.82 Å². The van der Waals surface area contributed by atoms with Crippen molar-refractivity contribution < 1.29 is 4.79 Å². The van der Waals surface area contributed by atoms with Gasteiger partial charge in [0.05, 0.1) is 11.0 Å². The lowest BCUT2D eigenvalue weighted by Crippen LogP contribution is -2.49. The van der Waals surface area contributed by atoms with Gasteiger partial charge in [0, 0.05) is 36.8 Å². The molecule has 3 saturated heterocycles. The number of likely N-dealkylation sites (tertiary alicyclic amines) is 1. The largest absolute Gasteiger partial charge is 0.339 e. The predicted molar refractivity (Wildman–Crippen MR) is 161 cm³/mol. The van der Waals surface area contributed by atoms with Crippen LogP contribution in [-0.4, -0.2) is 57.0 Å². The van der Waals surface area contributed by atoms with E-state index >= 15 is 0 Å². The topological polar surface area (TPSA) is 41.4 Å². The highest BCUT2D eigenvalue weighted by molar-refractivity contribution is 5.94. The molecule has 2 bridgehead atoms. The van der Waals surface area contributed by atoms with Crippen molar-refractivity contribution in [1.82, 2.24) is 19.4 Å². The molecule has 3 fully saturated rings. The predicted octanol–water partition coefficient (Wildman–Crippen LogP) is 6.78. The zero-order valence-corrected chi connectivity index (χ0v) is 23.6. The third-order valence-electron chi connectivity index (χ3n) is 10.3. The van der Waals surface area contributed by atoms with E-state index in [0.29, 0.717) is 18.1 Å². The maximum atomic E-state index is 13.2. The van der Waals surface area contributed by atoms with Crippen molar-refractivity contribution in [3.05, 3.63) is 102 Å². The van der Waals surface area contributed by atoms with Crippen LogP contribution >= 0.6 is 0 Å². The van der Waals surface area contributed by atoms with Gasteiger partial charge in [-0.2, -0.15) is 0 Å². The maximum absolute atomic E-state index is 13.2.